The fourth-order valence-corrected chi connectivity index (χ4v) is 1.33. The number of hydrogen-bond donors (Lipinski definition) is 1. The van der Waals surface area contributed by atoms with Crippen LogP contribution in [0.3, 0.4) is 0 Å². The van der Waals surface area contributed by atoms with E-state index in [0.717, 1.165) is 17.0 Å². The zero-order valence-corrected chi connectivity index (χ0v) is 10.2. The van der Waals surface area contributed by atoms with Gasteiger partial charge in [-0.05, 0) is 19.1 Å². The molecular weight excluding hydrogens is 259 g/mol. The van der Waals surface area contributed by atoms with Crippen LogP contribution in [0.15, 0.2) is 18.2 Å². The van der Waals surface area contributed by atoms with Gasteiger partial charge in [-0.1, -0.05) is 0 Å². The van der Waals surface area contributed by atoms with Gasteiger partial charge in [0.1, 0.15) is 6.04 Å². The number of aliphatic carboxylic acids is 1. The molecule has 0 bridgehead atoms. The number of likely N-dealkylation sites (N-methyl/N-ethyl adjacent to an activating group) is 1. The maximum absolute atomic E-state index is 13.4. The summed E-state index contributed by atoms with van der Waals surface area (Å²) in [6, 6.07) is 1.56. The van der Waals surface area contributed by atoms with Gasteiger partial charge in [0.2, 0.25) is 5.82 Å². The van der Waals surface area contributed by atoms with Gasteiger partial charge in [0, 0.05) is 18.7 Å². The Labute approximate surface area is 107 Å². The first-order chi connectivity index (χ1) is 8.75. The van der Waals surface area contributed by atoms with Gasteiger partial charge < -0.3 is 10.0 Å². The minimum Gasteiger partial charge on any atom is -0.480 e. The molecule has 0 aromatic heterocycles. The number of halogens is 1. The number of nitrogens with zero attached hydrogens (tertiary/aromatic N) is 2. The molecule has 102 valence electrons. The Balaban J connectivity index is 3.04. The van der Waals surface area contributed by atoms with E-state index in [-0.39, 0.29) is 5.56 Å². The summed E-state index contributed by atoms with van der Waals surface area (Å²) in [5.41, 5.74) is -0.899. The summed E-state index contributed by atoms with van der Waals surface area (Å²) in [6.45, 7) is 1.29. The summed E-state index contributed by atoms with van der Waals surface area (Å²) in [5, 5.41) is 19.2. The highest BCUT2D eigenvalue weighted by Crippen LogP contribution is 2.19. The smallest absolute Gasteiger partial charge is 0.326 e. The van der Waals surface area contributed by atoms with Crippen LogP contribution in [0, 0.1) is 15.9 Å². The first kappa shape index (κ1) is 14.6. The van der Waals surface area contributed by atoms with Gasteiger partial charge >= 0.3 is 11.7 Å². The molecule has 1 N–H and O–H groups in total. The van der Waals surface area contributed by atoms with Crippen LogP contribution in [0.1, 0.15) is 17.3 Å². The number of nitro benzene ring substituents is 1. The van der Waals surface area contributed by atoms with Crippen LogP contribution >= 0.6 is 0 Å². The van der Waals surface area contributed by atoms with Crippen molar-refractivity contribution in [3.8, 4) is 0 Å². The molecule has 0 radical (unpaired) electrons. The van der Waals surface area contributed by atoms with E-state index >= 15 is 0 Å². The van der Waals surface area contributed by atoms with Crippen LogP contribution in [-0.4, -0.2) is 39.9 Å². The molecule has 0 spiro atoms. The second-order valence-corrected chi connectivity index (χ2v) is 3.85. The maximum atomic E-state index is 13.4. The predicted octanol–water partition coefficient (Wildman–Crippen LogP) is 1.28. The van der Waals surface area contributed by atoms with Crippen molar-refractivity contribution in [3.63, 3.8) is 0 Å². The largest absolute Gasteiger partial charge is 0.480 e. The minimum absolute atomic E-state index is 0.154. The topological polar surface area (TPSA) is 101 Å². The van der Waals surface area contributed by atoms with Crippen molar-refractivity contribution in [3.05, 3.63) is 39.7 Å². The first-order valence-electron chi connectivity index (χ1n) is 5.19. The molecule has 0 saturated carbocycles. The average Bonchev–Trinajstić information content (AvgIpc) is 2.35. The van der Waals surface area contributed by atoms with Crippen LogP contribution in [0.5, 0.6) is 0 Å². The lowest BCUT2D eigenvalue weighted by atomic mass is 10.1. The van der Waals surface area contributed by atoms with Gasteiger partial charge in [-0.3, -0.25) is 14.9 Å². The second kappa shape index (κ2) is 5.42. The molecule has 0 aliphatic heterocycles. The van der Waals surface area contributed by atoms with Gasteiger partial charge in [0.15, 0.2) is 0 Å². The summed E-state index contributed by atoms with van der Waals surface area (Å²) in [6.07, 6.45) is 0. The minimum atomic E-state index is -1.21. The van der Waals surface area contributed by atoms with Crippen molar-refractivity contribution < 1.29 is 24.0 Å². The van der Waals surface area contributed by atoms with E-state index < -0.39 is 34.3 Å². The molecule has 0 aliphatic carbocycles. The molecule has 8 heteroatoms. The third-order valence-corrected chi connectivity index (χ3v) is 2.65. The molecule has 7 nitrogen and oxygen atoms in total. The molecule has 0 heterocycles. The number of carboxylic acid groups (broad SMARTS) is 1. The van der Waals surface area contributed by atoms with Gasteiger partial charge in [0.05, 0.1) is 4.92 Å². The lowest BCUT2D eigenvalue weighted by Crippen LogP contribution is -2.40. The average molecular weight is 270 g/mol. The Kier molecular flexibility index (Phi) is 4.15. The van der Waals surface area contributed by atoms with E-state index in [1.165, 1.54) is 14.0 Å². The van der Waals surface area contributed by atoms with Crippen molar-refractivity contribution in [1.82, 2.24) is 4.90 Å². The summed E-state index contributed by atoms with van der Waals surface area (Å²) >= 11 is 0. The van der Waals surface area contributed by atoms with Crippen molar-refractivity contribution in [2.24, 2.45) is 0 Å². The van der Waals surface area contributed by atoms with Crippen molar-refractivity contribution in [2.75, 3.05) is 7.05 Å². The Hall–Kier alpha value is -2.51. The third kappa shape index (κ3) is 3.03. The third-order valence-electron chi connectivity index (χ3n) is 2.65. The van der Waals surface area contributed by atoms with Gasteiger partial charge in [-0.15, -0.1) is 0 Å². The monoisotopic (exact) mass is 270 g/mol. The molecule has 0 fully saturated rings. The SMILES string of the molecule is CC(C(=O)O)N(C)C(=O)c1ccc([N+](=O)[O-])c(F)c1. The van der Waals surface area contributed by atoms with Crippen molar-refractivity contribution in [1.29, 1.82) is 0 Å². The summed E-state index contributed by atoms with van der Waals surface area (Å²) in [7, 11) is 1.25. The molecule has 1 aromatic rings. The quantitative estimate of drug-likeness (QED) is 0.656. The van der Waals surface area contributed by atoms with Gasteiger partial charge in [0.25, 0.3) is 5.91 Å². The van der Waals surface area contributed by atoms with E-state index in [2.05, 4.69) is 0 Å². The lowest BCUT2D eigenvalue weighted by molar-refractivity contribution is -0.387. The number of rotatable bonds is 4. The molecule has 1 rings (SSSR count). The van der Waals surface area contributed by atoms with Crippen LogP contribution < -0.4 is 0 Å². The molecule has 0 aliphatic rings. The van der Waals surface area contributed by atoms with Crippen LogP contribution in [0.2, 0.25) is 0 Å². The number of hydrogen-bond acceptors (Lipinski definition) is 4. The zero-order chi connectivity index (χ0) is 14.7. The number of benzene rings is 1. The molecule has 1 atom stereocenters. The Morgan fingerprint density at radius 1 is 1.47 bits per heavy atom. The standard InChI is InChI=1S/C11H11FN2O5/c1-6(11(16)17)13(2)10(15)7-3-4-9(14(18)19)8(12)5-7/h3-6H,1-2H3,(H,16,17). The fraction of sp³-hybridized carbons (Fsp3) is 0.273. The van der Waals surface area contributed by atoms with E-state index in [0.29, 0.717) is 6.07 Å². The highest BCUT2D eigenvalue weighted by molar-refractivity contribution is 5.96. The summed E-state index contributed by atoms with van der Waals surface area (Å²) in [4.78, 5) is 33.0. The lowest BCUT2D eigenvalue weighted by Gasteiger charge is -2.21. The van der Waals surface area contributed by atoms with Gasteiger partial charge in [-0.2, -0.15) is 4.39 Å². The number of amides is 1. The number of carbonyl (C=O) groups excluding carboxylic acids is 1. The van der Waals surface area contributed by atoms with E-state index in [1.54, 1.807) is 0 Å². The second-order valence-electron chi connectivity index (χ2n) is 3.85. The van der Waals surface area contributed by atoms with Crippen LogP contribution in [0.4, 0.5) is 10.1 Å². The van der Waals surface area contributed by atoms with E-state index in [4.69, 9.17) is 5.11 Å². The van der Waals surface area contributed by atoms with Gasteiger partial charge in [-0.25, -0.2) is 4.79 Å². The van der Waals surface area contributed by atoms with E-state index in [1.807, 2.05) is 0 Å². The molecular formula is C11H11FN2O5. The molecule has 0 saturated heterocycles. The fourth-order valence-electron chi connectivity index (χ4n) is 1.33. The molecule has 1 aromatic carbocycles. The number of nitro groups is 1. The van der Waals surface area contributed by atoms with Crippen molar-refractivity contribution >= 4 is 17.6 Å². The Morgan fingerprint density at radius 3 is 2.47 bits per heavy atom. The normalized spacial score (nSPS) is 11.7. The summed E-state index contributed by atoms with van der Waals surface area (Å²) < 4.78 is 13.4. The number of carbonyl (C=O) groups is 2. The molecule has 1 amide bonds. The highest BCUT2D eigenvalue weighted by atomic mass is 19.1. The number of carboxylic acids is 1. The predicted molar refractivity (Wildman–Crippen MR) is 62.2 cm³/mol. The van der Waals surface area contributed by atoms with Crippen LogP contribution in [0.25, 0.3) is 0 Å². The Bertz CT molecular complexity index is 546. The highest BCUT2D eigenvalue weighted by Gasteiger charge is 2.24. The summed E-state index contributed by atoms with van der Waals surface area (Å²) in [5.74, 6) is -3.09. The zero-order valence-electron chi connectivity index (χ0n) is 10.2. The van der Waals surface area contributed by atoms with E-state index in [9.17, 15) is 24.1 Å². The molecule has 19 heavy (non-hydrogen) atoms. The van der Waals surface area contributed by atoms with Crippen LogP contribution in [-0.2, 0) is 4.79 Å². The molecule has 1 unspecified atom stereocenters. The van der Waals surface area contributed by atoms with Crippen molar-refractivity contribution in [2.45, 2.75) is 13.0 Å². The maximum Gasteiger partial charge on any atom is 0.326 e. The first-order valence-corrected chi connectivity index (χ1v) is 5.19. The Morgan fingerprint density at radius 2 is 2.05 bits per heavy atom.